The van der Waals surface area contributed by atoms with Crippen molar-refractivity contribution in [3.8, 4) is 0 Å². The standard InChI is InChI=1S/C44H73NO5/c1-3-5-7-9-11-13-14-15-16-17-18-19-20-21-22-23-24-25-27-29-35-39-44(49)50-41(36-32-28-26-12-10-8-6-4-2)37-33-30-31-34-38-42(46)45-40-43(47)48/h5,7,11-13,15-16,18-19,26,32,36,41H,3-4,6,8-10,14,17,20-25,27-31,33-35,37-40H2,1-2H3,(H,45,46)(H,47,48)/b7-5-,13-11-,16-15-,19-18-,26-12-,36-32-. The largest absolute Gasteiger partial charge is 0.480 e. The molecule has 0 aliphatic carbocycles. The van der Waals surface area contributed by atoms with Crippen molar-refractivity contribution in [3.05, 3.63) is 72.9 Å². The smallest absolute Gasteiger partial charge is 0.322 e. The number of carbonyl (C=O) groups excluding carboxylic acids is 2. The molecule has 0 heterocycles. The molecule has 0 saturated carbocycles. The van der Waals surface area contributed by atoms with Crippen LogP contribution in [0, 0.1) is 0 Å². The lowest BCUT2D eigenvalue weighted by Crippen LogP contribution is -2.28. The number of aliphatic carboxylic acids is 1. The number of carbonyl (C=O) groups is 3. The summed E-state index contributed by atoms with van der Waals surface area (Å²) in [6.07, 6.45) is 51.8. The molecule has 0 bridgehead atoms. The highest BCUT2D eigenvalue weighted by Crippen LogP contribution is 2.15. The highest BCUT2D eigenvalue weighted by Gasteiger charge is 2.11. The molecule has 1 atom stereocenters. The Bertz CT molecular complexity index is 990. The summed E-state index contributed by atoms with van der Waals surface area (Å²) >= 11 is 0. The lowest BCUT2D eigenvalue weighted by molar-refractivity contribution is -0.147. The van der Waals surface area contributed by atoms with Gasteiger partial charge in [-0.1, -0.05) is 145 Å². The second kappa shape index (κ2) is 38.6. The molecule has 1 amide bonds. The number of amides is 1. The number of hydrogen-bond acceptors (Lipinski definition) is 4. The molecule has 0 aromatic rings. The molecule has 0 aromatic heterocycles. The lowest BCUT2D eigenvalue weighted by Gasteiger charge is -2.14. The second-order valence-electron chi connectivity index (χ2n) is 13.2. The van der Waals surface area contributed by atoms with Crippen LogP contribution in [-0.2, 0) is 19.1 Å². The normalized spacial score (nSPS) is 12.8. The molecule has 0 fully saturated rings. The van der Waals surface area contributed by atoms with Crippen LogP contribution in [0.3, 0.4) is 0 Å². The van der Waals surface area contributed by atoms with Crippen LogP contribution in [0.15, 0.2) is 72.9 Å². The zero-order valence-corrected chi connectivity index (χ0v) is 32.0. The van der Waals surface area contributed by atoms with E-state index in [1.807, 2.05) is 6.08 Å². The first-order valence-corrected chi connectivity index (χ1v) is 20.1. The quantitative estimate of drug-likeness (QED) is 0.0391. The highest BCUT2D eigenvalue weighted by atomic mass is 16.5. The van der Waals surface area contributed by atoms with E-state index in [4.69, 9.17) is 9.84 Å². The summed E-state index contributed by atoms with van der Waals surface area (Å²) in [7, 11) is 0. The zero-order valence-electron chi connectivity index (χ0n) is 32.0. The van der Waals surface area contributed by atoms with E-state index in [2.05, 4.69) is 86.0 Å². The zero-order chi connectivity index (χ0) is 36.6. The predicted octanol–water partition coefficient (Wildman–Crippen LogP) is 12.2. The third-order valence-electron chi connectivity index (χ3n) is 8.35. The van der Waals surface area contributed by atoms with Gasteiger partial charge < -0.3 is 15.2 Å². The van der Waals surface area contributed by atoms with Crippen LogP contribution in [0.1, 0.15) is 174 Å². The number of carboxylic acids is 1. The van der Waals surface area contributed by atoms with Crippen molar-refractivity contribution in [2.24, 2.45) is 0 Å². The number of rotatable bonds is 35. The van der Waals surface area contributed by atoms with Gasteiger partial charge in [0.05, 0.1) is 0 Å². The molecule has 284 valence electrons. The minimum atomic E-state index is -1.03. The molecule has 50 heavy (non-hydrogen) atoms. The minimum Gasteiger partial charge on any atom is -0.480 e. The van der Waals surface area contributed by atoms with Gasteiger partial charge in [0.1, 0.15) is 12.6 Å². The number of carboxylic acid groups (broad SMARTS) is 1. The van der Waals surface area contributed by atoms with Gasteiger partial charge in [-0.25, -0.2) is 0 Å². The van der Waals surface area contributed by atoms with Crippen LogP contribution in [-0.4, -0.2) is 35.6 Å². The minimum absolute atomic E-state index is 0.110. The summed E-state index contributed by atoms with van der Waals surface area (Å²) in [4.78, 5) is 34.9. The van der Waals surface area contributed by atoms with Crippen molar-refractivity contribution >= 4 is 17.8 Å². The van der Waals surface area contributed by atoms with E-state index in [1.54, 1.807) is 0 Å². The fourth-order valence-corrected chi connectivity index (χ4v) is 5.39. The number of nitrogens with one attached hydrogen (secondary N) is 1. The number of hydrogen-bond donors (Lipinski definition) is 2. The van der Waals surface area contributed by atoms with Gasteiger partial charge in [0, 0.05) is 12.8 Å². The molecular formula is C44H73NO5. The molecule has 0 aliphatic heterocycles. The van der Waals surface area contributed by atoms with Crippen molar-refractivity contribution in [2.45, 2.75) is 180 Å². The van der Waals surface area contributed by atoms with E-state index >= 15 is 0 Å². The molecule has 2 N–H and O–H groups in total. The Morgan fingerprint density at radius 3 is 1.62 bits per heavy atom. The average Bonchev–Trinajstić information content (AvgIpc) is 3.10. The molecule has 1 unspecified atom stereocenters. The number of ether oxygens (including phenoxy) is 1. The van der Waals surface area contributed by atoms with Gasteiger partial charge >= 0.3 is 11.9 Å². The van der Waals surface area contributed by atoms with E-state index in [1.165, 1.54) is 64.2 Å². The van der Waals surface area contributed by atoms with Crippen LogP contribution in [0.25, 0.3) is 0 Å². The number of esters is 1. The maximum atomic E-state index is 12.6. The van der Waals surface area contributed by atoms with Crippen molar-refractivity contribution < 1.29 is 24.2 Å². The first-order chi connectivity index (χ1) is 24.5. The third kappa shape index (κ3) is 37.7. The van der Waals surface area contributed by atoms with Gasteiger partial charge in [0.2, 0.25) is 5.91 Å². The Morgan fingerprint density at radius 1 is 0.560 bits per heavy atom. The second-order valence-corrected chi connectivity index (χ2v) is 13.2. The summed E-state index contributed by atoms with van der Waals surface area (Å²) in [5, 5.41) is 11.1. The Labute approximate surface area is 306 Å². The van der Waals surface area contributed by atoms with Gasteiger partial charge in [-0.05, 0) is 89.5 Å². The molecule has 0 spiro atoms. The molecular weight excluding hydrogens is 622 g/mol. The fraction of sp³-hybridized carbons (Fsp3) is 0.659. The van der Waals surface area contributed by atoms with Gasteiger partial charge in [0.25, 0.3) is 0 Å². The summed E-state index contributed by atoms with van der Waals surface area (Å²) in [6.45, 7) is 4.04. The van der Waals surface area contributed by atoms with Gasteiger partial charge in [0.15, 0.2) is 0 Å². The number of allylic oxidation sites excluding steroid dienone is 11. The van der Waals surface area contributed by atoms with E-state index in [9.17, 15) is 14.4 Å². The Balaban J connectivity index is 4.10. The summed E-state index contributed by atoms with van der Waals surface area (Å²) < 4.78 is 5.87. The maximum Gasteiger partial charge on any atom is 0.322 e. The first kappa shape index (κ1) is 46.9. The van der Waals surface area contributed by atoms with Gasteiger partial charge in [-0.15, -0.1) is 0 Å². The van der Waals surface area contributed by atoms with Crippen molar-refractivity contribution in [1.29, 1.82) is 0 Å². The lowest BCUT2D eigenvalue weighted by atomic mass is 10.1. The molecule has 0 aromatic carbocycles. The molecule has 6 heteroatoms. The van der Waals surface area contributed by atoms with E-state index in [0.717, 1.165) is 83.5 Å². The summed E-state index contributed by atoms with van der Waals surface area (Å²) in [5.74, 6) is -1.37. The fourth-order valence-electron chi connectivity index (χ4n) is 5.39. The third-order valence-corrected chi connectivity index (χ3v) is 8.35. The summed E-state index contributed by atoms with van der Waals surface area (Å²) in [6, 6.07) is 0. The maximum absolute atomic E-state index is 12.6. The van der Waals surface area contributed by atoms with Crippen LogP contribution < -0.4 is 5.32 Å². The number of unbranched alkanes of at least 4 members (excludes halogenated alkanes) is 14. The highest BCUT2D eigenvalue weighted by molar-refractivity contribution is 5.80. The molecule has 0 rings (SSSR count). The van der Waals surface area contributed by atoms with Crippen LogP contribution >= 0.6 is 0 Å². The molecule has 0 radical (unpaired) electrons. The topological polar surface area (TPSA) is 92.7 Å². The Kier molecular flexibility index (Phi) is 36.2. The van der Waals surface area contributed by atoms with Gasteiger partial charge in [-0.3, -0.25) is 14.4 Å². The molecule has 0 saturated heterocycles. The first-order valence-electron chi connectivity index (χ1n) is 20.1. The monoisotopic (exact) mass is 696 g/mol. The van der Waals surface area contributed by atoms with Crippen molar-refractivity contribution in [2.75, 3.05) is 6.54 Å². The Morgan fingerprint density at radius 2 is 1.04 bits per heavy atom. The Hall–Kier alpha value is -3.15. The van der Waals surface area contributed by atoms with Crippen LogP contribution in [0.5, 0.6) is 0 Å². The van der Waals surface area contributed by atoms with Crippen LogP contribution in [0.2, 0.25) is 0 Å². The van der Waals surface area contributed by atoms with Crippen LogP contribution in [0.4, 0.5) is 0 Å². The van der Waals surface area contributed by atoms with Crippen molar-refractivity contribution in [3.63, 3.8) is 0 Å². The van der Waals surface area contributed by atoms with E-state index in [-0.39, 0.29) is 24.5 Å². The van der Waals surface area contributed by atoms with E-state index < -0.39 is 5.97 Å². The average molecular weight is 696 g/mol. The molecule has 0 aliphatic rings. The van der Waals surface area contributed by atoms with Crippen molar-refractivity contribution in [1.82, 2.24) is 5.32 Å². The summed E-state index contributed by atoms with van der Waals surface area (Å²) in [5.41, 5.74) is 0. The molecule has 6 nitrogen and oxygen atoms in total. The SMILES string of the molecule is CC/C=C\C/C=C\C/C=C\C/C=C\CCCCCCCCCCC(=O)OC(/C=C\C/C=C\CCCCC)CCCCCCC(=O)NCC(=O)O. The predicted molar refractivity (Wildman–Crippen MR) is 212 cm³/mol. The van der Waals surface area contributed by atoms with E-state index in [0.29, 0.717) is 12.8 Å². The van der Waals surface area contributed by atoms with Gasteiger partial charge in [-0.2, -0.15) is 0 Å².